The molecular weight excluding hydrogens is 334 g/mol. The van der Waals surface area contributed by atoms with Gasteiger partial charge in [-0.25, -0.2) is 9.97 Å². The highest BCUT2D eigenvalue weighted by Crippen LogP contribution is 2.29. The molecule has 25 heavy (non-hydrogen) atoms. The quantitative estimate of drug-likeness (QED) is 0.720. The lowest BCUT2D eigenvalue weighted by Crippen LogP contribution is -2.30. The number of hydrogen-bond donors (Lipinski definition) is 0. The van der Waals surface area contributed by atoms with Crippen LogP contribution < -0.4 is 0 Å². The van der Waals surface area contributed by atoms with Crippen molar-refractivity contribution in [1.82, 2.24) is 24.6 Å². The molecule has 3 rings (SSSR count). The molecule has 0 aromatic carbocycles. The third kappa shape index (κ3) is 2.93. The van der Waals surface area contributed by atoms with Crippen molar-refractivity contribution < 1.29 is 4.79 Å². The first-order valence-corrected chi connectivity index (χ1v) is 9.04. The van der Waals surface area contributed by atoms with E-state index >= 15 is 0 Å². The van der Waals surface area contributed by atoms with Gasteiger partial charge in [0, 0.05) is 24.7 Å². The minimum Gasteiger partial charge on any atom is -0.333 e. The smallest absolute Gasteiger partial charge is 0.255 e. The molecule has 1 atom stereocenters. The molecule has 3 aromatic rings. The van der Waals surface area contributed by atoms with Crippen LogP contribution in [0.15, 0.2) is 6.07 Å². The summed E-state index contributed by atoms with van der Waals surface area (Å²) in [6.45, 7) is 9.86. The van der Waals surface area contributed by atoms with Crippen LogP contribution in [0, 0.1) is 27.7 Å². The summed E-state index contributed by atoms with van der Waals surface area (Å²) in [5.74, 6) is -0.0378. The minimum absolute atomic E-state index is 0.0378. The molecule has 0 unspecified atom stereocenters. The third-order valence-corrected chi connectivity index (χ3v) is 5.47. The van der Waals surface area contributed by atoms with Crippen LogP contribution in [0.5, 0.6) is 0 Å². The molecule has 3 aromatic heterocycles. The van der Waals surface area contributed by atoms with Crippen LogP contribution in [0.2, 0.25) is 0 Å². The largest absolute Gasteiger partial charge is 0.333 e. The normalized spacial score (nSPS) is 12.6. The maximum absolute atomic E-state index is 13.2. The van der Waals surface area contributed by atoms with Crippen molar-refractivity contribution in [2.45, 2.75) is 40.7 Å². The molecule has 3 heterocycles. The molecule has 0 spiro atoms. The molecule has 1 amide bonds. The number of nitrogens with zero attached hydrogens (tertiary/aromatic N) is 5. The summed E-state index contributed by atoms with van der Waals surface area (Å²) in [6.07, 6.45) is 0. The standard InChI is InChI=1S/C18H23N5OS/c1-9-8-14(15-10(2)21-23(7)17(15)19-9)18(24)22(6)11(3)16-12(4)25-13(5)20-16/h8,11H,1-7H3/t11-/m0/s1. The van der Waals surface area contributed by atoms with Crippen molar-refractivity contribution >= 4 is 28.3 Å². The van der Waals surface area contributed by atoms with E-state index in [-0.39, 0.29) is 11.9 Å². The van der Waals surface area contributed by atoms with E-state index in [0.29, 0.717) is 5.56 Å². The van der Waals surface area contributed by atoms with Gasteiger partial charge in [0.2, 0.25) is 0 Å². The Labute approximate surface area is 151 Å². The van der Waals surface area contributed by atoms with Crippen molar-refractivity contribution in [2.75, 3.05) is 7.05 Å². The summed E-state index contributed by atoms with van der Waals surface area (Å²) in [7, 11) is 3.68. The lowest BCUT2D eigenvalue weighted by molar-refractivity contribution is 0.0741. The fourth-order valence-electron chi connectivity index (χ4n) is 3.22. The number of carbonyl (C=O) groups is 1. The summed E-state index contributed by atoms with van der Waals surface area (Å²) >= 11 is 1.66. The second kappa shape index (κ2) is 6.22. The maximum Gasteiger partial charge on any atom is 0.255 e. The number of aromatic nitrogens is 4. The molecule has 0 aliphatic heterocycles. The number of pyridine rings is 1. The van der Waals surface area contributed by atoms with Gasteiger partial charge in [-0.1, -0.05) is 0 Å². The lowest BCUT2D eigenvalue weighted by atomic mass is 10.1. The molecule has 0 saturated heterocycles. The van der Waals surface area contributed by atoms with E-state index in [1.54, 1.807) is 20.9 Å². The van der Waals surface area contributed by atoms with Crippen molar-refractivity contribution in [3.05, 3.63) is 38.6 Å². The van der Waals surface area contributed by atoms with Crippen molar-refractivity contribution in [1.29, 1.82) is 0 Å². The number of aryl methyl sites for hydroxylation is 5. The molecule has 132 valence electrons. The van der Waals surface area contributed by atoms with Crippen molar-refractivity contribution in [2.24, 2.45) is 7.05 Å². The van der Waals surface area contributed by atoms with Crippen molar-refractivity contribution in [3.63, 3.8) is 0 Å². The molecule has 0 aliphatic rings. The third-order valence-electron chi connectivity index (χ3n) is 4.56. The summed E-state index contributed by atoms with van der Waals surface area (Å²) in [6, 6.07) is 1.75. The Kier molecular flexibility index (Phi) is 4.36. The SMILES string of the molecule is Cc1cc(C(=O)N(C)[C@@H](C)c2nc(C)sc2C)c2c(C)nn(C)c2n1. The highest BCUT2D eigenvalue weighted by Gasteiger charge is 2.26. The first kappa shape index (κ1) is 17.5. The van der Waals surface area contributed by atoms with E-state index in [1.165, 1.54) is 0 Å². The molecule has 0 saturated carbocycles. The second-order valence-electron chi connectivity index (χ2n) is 6.49. The van der Waals surface area contributed by atoms with Gasteiger partial charge in [0.25, 0.3) is 5.91 Å². The van der Waals surface area contributed by atoms with Gasteiger partial charge in [0.05, 0.1) is 33.4 Å². The molecule has 0 radical (unpaired) electrons. The van der Waals surface area contributed by atoms with Crippen LogP contribution >= 0.6 is 11.3 Å². The van der Waals surface area contributed by atoms with E-state index in [1.807, 2.05) is 47.9 Å². The van der Waals surface area contributed by atoms with E-state index in [2.05, 4.69) is 22.0 Å². The average molecular weight is 357 g/mol. The zero-order valence-electron chi connectivity index (χ0n) is 15.7. The zero-order chi connectivity index (χ0) is 18.5. The summed E-state index contributed by atoms with van der Waals surface area (Å²) in [5.41, 5.74) is 3.97. The highest BCUT2D eigenvalue weighted by molar-refractivity contribution is 7.11. The topological polar surface area (TPSA) is 63.9 Å². The van der Waals surface area contributed by atoms with Crippen LogP contribution in [-0.2, 0) is 7.05 Å². The van der Waals surface area contributed by atoms with Crippen LogP contribution in [0.25, 0.3) is 11.0 Å². The van der Waals surface area contributed by atoms with Crippen LogP contribution in [-0.4, -0.2) is 37.6 Å². The zero-order valence-corrected chi connectivity index (χ0v) is 16.5. The van der Waals surface area contributed by atoms with E-state index < -0.39 is 0 Å². The van der Waals surface area contributed by atoms with Gasteiger partial charge in [0.15, 0.2) is 5.65 Å². The monoisotopic (exact) mass is 357 g/mol. The van der Waals surface area contributed by atoms with Gasteiger partial charge in [-0.2, -0.15) is 5.10 Å². The van der Waals surface area contributed by atoms with Gasteiger partial charge in [-0.05, 0) is 40.7 Å². The average Bonchev–Trinajstić information content (AvgIpc) is 3.03. The van der Waals surface area contributed by atoms with Gasteiger partial charge in [-0.3, -0.25) is 9.48 Å². The number of thiazole rings is 1. The second-order valence-corrected chi connectivity index (χ2v) is 7.89. The summed E-state index contributed by atoms with van der Waals surface area (Å²) in [4.78, 5) is 25.3. The van der Waals surface area contributed by atoms with E-state index in [4.69, 9.17) is 0 Å². The number of fused-ring (bicyclic) bond motifs is 1. The Bertz CT molecular complexity index is 972. The molecule has 0 N–H and O–H groups in total. The fraction of sp³-hybridized carbons (Fsp3) is 0.444. The maximum atomic E-state index is 13.2. The number of carbonyl (C=O) groups excluding carboxylic acids is 1. The van der Waals surface area contributed by atoms with Crippen LogP contribution in [0.1, 0.15) is 50.3 Å². The predicted molar refractivity (Wildman–Crippen MR) is 100 cm³/mol. The van der Waals surface area contributed by atoms with Crippen LogP contribution in [0.4, 0.5) is 0 Å². The fourth-order valence-corrected chi connectivity index (χ4v) is 4.13. The van der Waals surface area contributed by atoms with E-state index in [9.17, 15) is 4.79 Å². The summed E-state index contributed by atoms with van der Waals surface area (Å²) < 4.78 is 1.73. The number of hydrogen-bond acceptors (Lipinski definition) is 5. The van der Waals surface area contributed by atoms with Gasteiger partial charge >= 0.3 is 0 Å². The first-order valence-electron chi connectivity index (χ1n) is 8.22. The Morgan fingerprint density at radius 3 is 2.52 bits per heavy atom. The number of rotatable bonds is 3. The first-order chi connectivity index (χ1) is 11.7. The Balaban J connectivity index is 2.06. The molecule has 0 bridgehead atoms. The molecule has 0 fully saturated rings. The molecule has 6 nitrogen and oxygen atoms in total. The molecular formula is C18H23N5OS. The van der Waals surface area contributed by atoms with Gasteiger partial charge < -0.3 is 4.90 Å². The molecule has 7 heteroatoms. The lowest BCUT2D eigenvalue weighted by Gasteiger charge is -2.25. The van der Waals surface area contributed by atoms with Crippen LogP contribution in [0.3, 0.4) is 0 Å². The Morgan fingerprint density at radius 1 is 1.24 bits per heavy atom. The van der Waals surface area contributed by atoms with Gasteiger partial charge in [0.1, 0.15) is 0 Å². The van der Waals surface area contributed by atoms with E-state index in [0.717, 1.165) is 38.0 Å². The van der Waals surface area contributed by atoms with Gasteiger partial charge in [-0.15, -0.1) is 11.3 Å². The summed E-state index contributed by atoms with van der Waals surface area (Å²) in [5, 5.41) is 6.27. The Hall–Kier alpha value is -2.28. The van der Waals surface area contributed by atoms with Crippen molar-refractivity contribution in [3.8, 4) is 0 Å². The Morgan fingerprint density at radius 2 is 1.92 bits per heavy atom. The number of amides is 1. The molecule has 0 aliphatic carbocycles. The highest BCUT2D eigenvalue weighted by atomic mass is 32.1. The predicted octanol–water partition coefficient (Wildman–Crippen LogP) is 3.49. The minimum atomic E-state index is -0.0991.